The monoisotopic (exact) mass is 339 g/mol. The number of fused-ring (bicyclic) bond motifs is 2. The van der Waals surface area contributed by atoms with Gasteiger partial charge in [0.2, 0.25) is 5.91 Å². The van der Waals surface area contributed by atoms with Crippen molar-refractivity contribution in [3.05, 3.63) is 46.8 Å². The Balaban J connectivity index is 1.61. The average Bonchev–Trinajstić information content (AvgIpc) is 3.19. The summed E-state index contributed by atoms with van der Waals surface area (Å²) in [6.07, 6.45) is 2.29. The Morgan fingerprint density at radius 1 is 1.40 bits per heavy atom. The largest absolute Gasteiger partial charge is 0.340 e. The number of anilines is 1. The van der Waals surface area contributed by atoms with E-state index in [4.69, 9.17) is 5.73 Å². The number of carbonyl (C=O) groups is 2. The van der Waals surface area contributed by atoms with Crippen LogP contribution in [0, 0.1) is 0 Å². The average molecular weight is 339 g/mol. The SMILES string of the molecule is CN1C(=O)C(NC(=O)c2c(CN)nn3c2CCC3)Cc2ccccc21. The van der Waals surface area contributed by atoms with E-state index in [1.54, 1.807) is 11.9 Å². The zero-order chi connectivity index (χ0) is 17.6. The first-order chi connectivity index (χ1) is 12.1. The summed E-state index contributed by atoms with van der Waals surface area (Å²) in [4.78, 5) is 27.1. The highest BCUT2D eigenvalue weighted by Crippen LogP contribution is 2.27. The Morgan fingerprint density at radius 3 is 3.00 bits per heavy atom. The van der Waals surface area contributed by atoms with Crippen LogP contribution in [0.25, 0.3) is 0 Å². The molecule has 4 rings (SSSR count). The molecular formula is C18H21N5O2. The van der Waals surface area contributed by atoms with Crippen molar-refractivity contribution in [3.8, 4) is 0 Å². The maximum atomic E-state index is 12.9. The number of benzene rings is 1. The molecule has 2 amide bonds. The van der Waals surface area contributed by atoms with Crippen LogP contribution in [0.5, 0.6) is 0 Å². The highest BCUT2D eigenvalue weighted by atomic mass is 16.2. The number of likely N-dealkylation sites (N-methyl/N-ethyl adjacent to an activating group) is 1. The lowest BCUT2D eigenvalue weighted by Gasteiger charge is -2.31. The van der Waals surface area contributed by atoms with Crippen LogP contribution < -0.4 is 16.0 Å². The molecule has 0 fully saturated rings. The summed E-state index contributed by atoms with van der Waals surface area (Å²) < 4.78 is 1.86. The van der Waals surface area contributed by atoms with Crippen molar-refractivity contribution in [1.29, 1.82) is 0 Å². The van der Waals surface area contributed by atoms with Gasteiger partial charge < -0.3 is 16.0 Å². The lowest BCUT2D eigenvalue weighted by atomic mass is 9.97. The third kappa shape index (κ3) is 2.51. The van der Waals surface area contributed by atoms with Crippen molar-refractivity contribution in [2.24, 2.45) is 5.73 Å². The van der Waals surface area contributed by atoms with E-state index in [0.29, 0.717) is 17.7 Å². The second kappa shape index (κ2) is 6.00. The summed E-state index contributed by atoms with van der Waals surface area (Å²) in [6.45, 7) is 1.03. The predicted octanol–water partition coefficient (Wildman–Crippen LogP) is 0.606. The van der Waals surface area contributed by atoms with Gasteiger partial charge in [-0.3, -0.25) is 14.3 Å². The lowest BCUT2D eigenvalue weighted by Crippen LogP contribution is -2.51. The van der Waals surface area contributed by atoms with Crippen LogP contribution in [0.15, 0.2) is 24.3 Å². The highest BCUT2D eigenvalue weighted by Gasteiger charge is 2.34. The first-order valence-corrected chi connectivity index (χ1v) is 8.55. The summed E-state index contributed by atoms with van der Waals surface area (Å²) in [5, 5.41) is 7.34. The number of nitrogens with two attached hydrogens (primary N) is 1. The van der Waals surface area contributed by atoms with Gasteiger partial charge in [0.05, 0.1) is 17.0 Å². The molecule has 2 aromatic rings. The summed E-state index contributed by atoms with van der Waals surface area (Å²) >= 11 is 0. The lowest BCUT2D eigenvalue weighted by molar-refractivity contribution is -0.120. The molecule has 0 aliphatic carbocycles. The van der Waals surface area contributed by atoms with E-state index in [1.807, 2.05) is 28.9 Å². The van der Waals surface area contributed by atoms with Gasteiger partial charge >= 0.3 is 0 Å². The highest BCUT2D eigenvalue weighted by molar-refractivity contribution is 6.04. The minimum absolute atomic E-state index is 0.106. The molecule has 130 valence electrons. The Bertz CT molecular complexity index is 857. The maximum Gasteiger partial charge on any atom is 0.255 e. The fraction of sp³-hybridized carbons (Fsp3) is 0.389. The smallest absolute Gasteiger partial charge is 0.255 e. The van der Waals surface area contributed by atoms with E-state index in [9.17, 15) is 9.59 Å². The van der Waals surface area contributed by atoms with Gasteiger partial charge in [-0.2, -0.15) is 5.10 Å². The van der Waals surface area contributed by atoms with Gasteiger partial charge in [-0.25, -0.2) is 0 Å². The third-order valence-electron chi connectivity index (χ3n) is 5.05. The molecule has 1 unspecified atom stereocenters. The molecule has 1 atom stereocenters. The first kappa shape index (κ1) is 15.8. The van der Waals surface area contributed by atoms with Crippen molar-refractivity contribution < 1.29 is 9.59 Å². The van der Waals surface area contributed by atoms with Crippen LogP contribution in [0.4, 0.5) is 5.69 Å². The number of amides is 2. The predicted molar refractivity (Wildman–Crippen MR) is 93.2 cm³/mol. The van der Waals surface area contributed by atoms with Crippen LogP contribution >= 0.6 is 0 Å². The number of aryl methyl sites for hydroxylation is 1. The van der Waals surface area contributed by atoms with Crippen molar-refractivity contribution in [2.75, 3.05) is 11.9 Å². The summed E-state index contributed by atoms with van der Waals surface area (Å²) in [6, 6.07) is 7.18. The number of nitrogens with one attached hydrogen (secondary N) is 1. The molecule has 0 saturated carbocycles. The van der Waals surface area contributed by atoms with Gasteiger partial charge in [0.1, 0.15) is 6.04 Å². The van der Waals surface area contributed by atoms with Crippen molar-refractivity contribution in [3.63, 3.8) is 0 Å². The molecule has 3 heterocycles. The molecule has 7 nitrogen and oxygen atoms in total. The van der Waals surface area contributed by atoms with E-state index in [1.165, 1.54) is 0 Å². The molecule has 2 aliphatic heterocycles. The molecular weight excluding hydrogens is 318 g/mol. The van der Waals surface area contributed by atoms with E-state index in [0.717, 1.165) is 36.3 Å². The van der Waals surface area contributed by atoms with Crippen LogP contribution in [-0.2, 0) is 30.7 Å². The van der Waals surface area contributed by atoms with Gasteiger partial charge in [-0.1, -0.05) is 18.2 Å². The molecule has 7 heteroatoms. The summed E-state index contributed by atoms with van der Waals surface area (Å²) in [5.74, 6) is -0.361. The molecule has 0 radical (unpaired) electrons. The molecule has 25 heavy (non-hydrogen) atoms. The Labute approximate surface area is 145 Å². The van der Waals surface area contributed by atoms with Crippen molar-refractivity contribution in [2.45, 2.75) is 38.4 Å². The maximum absolute atomic E-state index is 12.9. The molecule has 0 spiro atoms. The van der Waals surface area contributed by atoms with Crippen LogP contribution in [-0.4, -0.2) is 34.7 Å². The number of aromatic nitrogens is 2. The van der Waals surface area contributed by atoms with E-state index in [2.05, 4.69) is 10.4 Å². The fourth-order valence-electron chi connectivity index (χ4n) is 3.81. The van der Waals surface area contributed by atoms with E-state index >= 15 is 0 Å². The van der Waals surface area contributed by atoms with E-state index in [-0.39, 0.29) is 18.4 Å². The number of rotatable bonds is 3. The molecule has 3 N–H and O–H groups in total. The standard InChI is InChI=1S/C18H21N5O2/c1-22-14-6-3-2-5-11(14)9-12(18(22)25)20-17(24)16-13(10-19)21-23-8-4-7-15(16)23/h2-3,5-6,12H,4,7-10,19H2,1H3,(H,20,24). The molecule has 1 aromatic heterocycles. The zero-order valence-electron chi connectivity index (χ0n) is 14.2. The van der Waals surface area contributed by atoms with Crippen LogP contribution in [0.3, 0.4) is 0 Å². The van der Waals surface area contributed by atoms with Gasteiger partial charge in [0, 0.05) is 32.2 Å². The normalized spacial score (nSPS) is 18.9. The van der Waals surface area contributed by atoms with Gasteiger partial charge in [0.25, 0.3) is 5.91 Å². The van der Waals surface area contributed by atoms with Crippen molar-refractivity contribution in [1.82, 2.24) is 15.1 Å². The summed E-state index contributed by atoms with van der Waals surface area (Å²) in [7, 11) is 1.74. The minimum atomic E-state index is -0.574. The minimum Gasteiger partial charge on any atom is -0.340 e. The number of para-hydroxylation sites is 1. The van der Waals surface area contributed by atoms with Gasteiger partial charge in [-0.15, -0.1) is 0 Å². The molecule has 0 saturated heterocycles. The topological polar surface area (TPSA) is 93.2 Å². The second-order valence-corrected chi connectivity index (χ2v) is 6.56. The van der Waals surface area contributed by atoms with Gasteiger partial charge in [0.15, 0.2) is 0 Å². The first-order valence-electron chi connectivity index (χ1n) is 8.55. The number of hydrogen-bond acceptors (Lipinski definition) is 4. The van der Waals surface area contributed by atoms with Crippen molar-refractivity contribution >= 4 is 17.5 Å². The number of hydrogen-bond donors (Lipinski definition) is 2. The van der Waals surface area contributed by atoms with Gasteiger partial charge in [-0.05, 0) is 24.5 Å². The Hall–Kier alpha value is -2.67. The quantitative estimate of drug-likeness (QED) is 0.857. The molecule has 1 aromatic carbocycles. The van der Waals surface area contributed by atoms with Crippen LogP contribution in [0.2, 0.25) is 0 Å². The fourth-order valence-corrected chi connectivity index (χ4v) is 3.81. The Kier molecular flexibility index (Phi) is 3.80. The molecule has 2 aliphatic rings. The summed E-state index contributed by atoms with van der Waals surface area (Å²) in [5.41, 5.74) is 9.79. The Morgan fingerprint density at radius 2 is 2.20 bits per heavy atom. The van der Waals surface area contributed by atoms with E-state index < -0.39 is 6.04 Å². The third-order valence-corrected chi connectivity index (χ3v) is 5.05. The van der Waals surface area contributed by atoms with Crippen LogP contribution in [0.1, 0.15) is 33.7 Å². The zero-order valence-corrected chi connectivity index (χ0v) is 14.2. The second-order valence-electron chi connectivity index (χ2n) is 6.56. The number of nitrogens with zero attached hydrogens (tertiary/aromatic N) is 3. The number of carbonyl (C=O) groups excluding carboxylic acids is 2. The molecule has 0 bridgehead atoms.